The van der Waals surface area contributed by atoms with Crippen molar-refractivity contribution in [3.05, 3.63) is 16.5 Å². The van der Waals surface area contributed by atoms with Gasteiger partial charge in [-0.1, -0.05) is 6.92 Å². The van der Waals surface area contributed by atoms with Gasteiger partial charge in [0.25, 0.3) is 5.91 Å². The first-order valence-corrected chi connectivity index (χ1v) is 8.11. The molecule has 0 bridgehead atoms. The van der Waals surface area contributed by atoms with Gasteiger partial charge in [-0.05, 0) is 34.2 Å². The minimum atomic E-state index is -3.90. The van der Waals surface area contributed by atoms with Crippen LogP contribution in [-0.4, -0.2) is 32.8 Å². The molecule has 19 heavy (non-hydrogen) atoms. The van der Waals surface area contributed by atoms with Crippen molar-refractivity contribution < 1.29 is 17.6 Å². The number of carbonyl (C=O) groups is 1. The van der Waals surface area contributed by atoms with Gasteiger partial charge in [0.2, 0.25) is 10.0 Å². The van der Waals surface area contributed by atoms with Crippen molar-refractivity contribution >= 4 is 31.9 Å². The zero-order valence-electron chi connectivity index (χ0n) is 10.6. The highest BCUT2D eigenvalue weighted by atomic mass is 79.9. The van der Waals surface area contributed by atoms with Crippen LogP contribution >= 0.6 is 15.9 Å². The molecule has 1 aliphatic carbocycles. The number of hydrogen-bond acceptors (Lipinski definition) is 4. The molecule has 6 nitrogen and oxygen atoms in total. The van der Waals surface area contributed by atoms with Gasteiger partial charge in [0.1, 0.15) is 4.90 Å². The summed E-state index contributed by atoms with van der Waals surface area (Å²) in [5.74, 6) is 0.769. The monoisotopic (exact) mass is 350 g/mol. The van der Waals surface area contributed by atoms with Gasteiger partial charge in [0.15, 0.2) is 10.4 Å². The summed E-state index contributed by atoms with van der Waals surface area (Å²) in [6, 6.07) is 1.15. The van der Waals surface area contributed by atoms with E-state index >= 15 is 0 Å². The van der Waals surface area contributed by atoms with Gasteiger partial charge in [-0.3, -0.25) is 4.79 Å². The summed E-state index contributed by atoms with van der Waals surface area (Å²) < 4.78 is 27.6. The van der Waals surface area contributed by atoms with Crippen LogP contribution in [0.2, 0.25) is 0 Å². The Morgan fingerprint density at radius 1 is 1.63 bits per heavy atom. The van der Waals surface area contributed by atoms with Crippen molar-refractivity contribution in [3.8, 4) is 0 Å². The average Bonchev–Trinajstić information content (AvgIpc) is 2.81. The molecular weight excluding hydrogens is 336 g/mol. The van der Waals surface area contributed by atoms with E-state index in [1.165, 1.54) is 4.90 Å². The topological polar surface area (TPSA) is 93.6 Å². The summed E-state index contributed by atoms with van der Waals surface area (Å²) in [6.07, 6.45) is 1.11. The molecule has 106 valence electrons. The van der Waals surface area contributed by atoms with Crippen LogP contribution in [0, 0.1) is 11.8 Å². The second kappa shape index (κ2) is 4.92. The largest absolute Gasteiger partial charge is 0.443 e. The van der Waals surface area contributed by atoms with E-state index in [2.05, 4.69) is 22.9 Å². The molecule has 1 aliphatic rings. The molecule has 8 heteroatoms. The van der Waals surface area contributed by atoms with Crippen LogP contribution in [0.25, 0.3) is 0 Å². The van der Waals surface area contributed by atoms with Gasteiger partial charge >= 0.3 is 0 Å². The number of sulfonamides is 1. The third kappa shape index (κ3) is 3.18. The second-order valence-corrected chi connectivity index (χ2v) is 7.20. The fraction of sp³-hybridized carbons (Fsp3) is 0.545. The van der Waals surface area contributed by atoms with Crippen LogP contribution in [0.4, 0.5) is 0 Å². The van der Waals surface area contributed by atoms with E-state index in [0.717, 1.165) is 12.5 Å². The van der Waals surface area contributed by atoms with Crippen LogP contribution in [0.5, 0.6) is 0 Å². The Labute approximate surface area is 120 Å². The number of halogens is 1. The second-order valence-electron chi connectivity index (χ2n) is 4.95. The number of carbonyl (C=O) groups excluding carboxylic acids is 1. The molecule has 1 aromatic heterocycles. The van der Waals surface area contributed by atoms with Crippen molar-refractivity contribution in [1.29, 1.82) is 0 Å². The number of amides is 1. The molecule has 0 aromatic carbocycles. The number of nitrogens with two attached hydrogens (primary N) is 1. The van der Waals surface area contributed by atoms with E-state index in [0.29, 0.717) is 18.4 Å². The number of nitrogens with zero attached hydrogens (tertiary/aromatic N) is 1. The maximum atomic E-state index is 12.1. The van der Waals surface area contributed by atoms with Gasteiger partial charge in [-0.25, -0.2) is 13.6 Å². The molecule has 2 N–H and O–H groups in total. The minimum Gasteiger partial charge on any atom is -0.443 e. The van der Waals surface area contributed by atoms with Crippen LogP contribution in [0.3, 0.4) is 0 Å². The van der Waals surface area contributed by atoms with Crippen LogP contribution in [-0.2, 0) is 10.0 Å². The Bertz CT molecular complexity index is 610. The van der Waals surface area contributed by atoms with E-state index in [1.54, 1.807) is 7.05 Å². The third-order valence-electron chi connectivity index (χ3n) is 3.30. The summed E-state index contributed by atoms with van der Waals surface area (Å²) in [7, 11) is -2.24. The van der Waals surface area contributed by atoms with Crippen molar-refractivity contribution in [2.75, 3.05) is 13.6 Å². The van der Waals surface area contributed by atoms with Crippen molar-refractivity contribution in [2.24, 2.45) is 17.0 Å². The van der Waals surface area contributed by atoms with Crippen molar-refractivity contribution in [2.45, 2.75) is 18.2 Å². The zero-order valence-corrected chi connectivity index (χ0v) is 13.0. The SMILES string of the molecule is CC1CC1CN(C)C(=O)c1cc(S(N)(=O)=O)c(Br)o1. The number of primary sulfonamides is 1. The van der Waals surface area contributed by atoms with Gasteiger partial charge in [0.05, 0.1) is 0 Å². The first-order valence-electron chi connectivity index (χ1n) is 5.77. The molecule has 0 spiro atoms. The van der Waals surface area contributed by atoms with E-state index < -0.39 is 10.0 Å². The van der Waals surface area contributed by atoms with E-state index in [-0.39, 0.29) is 21.2 Å². The lowest BCUT2D eigenvalue weighted by Gasteiger charge is -2.15. The fourth-order valence-corrected chi connectivity index (χ4v) is 3.43. The van der Waals surface area contributed by atoms with Gasteiger partial charge in [0, 0.05) is 19.7 Å². The minimum absolute atomic E-state index is 0.0355. The summed E-state index contributed by atoms with van der Waals surface area (Å²) in [6.45, 7) is 2.77. The zero-order chi connectivity index (χ0) is 14.4. The first kappa shape index (κ1) is 14.5. The van der Waals surface area contributed by atoms with Gasteiger partial charge < -0.3 is 9.32 Å². The molecule has 1 aromatic rings. The highest BCUT2D eigenvalue weighted by molar-refractivity contribution is 9.10. The smallest absolute Gasteiger partial charge is 0.289 e. The highest BCUT2D eigenvalue weighted by Crippen LogP contribution is 2.38. The Balaban J connectivity index is 2.15. The summed E-state index contributed by atoms with van der Waals surface area (Å²) in [5, 5.41) is 5.01. The lowest BCUT2D eigenvalue weighted by molar-refractivity contribution is 0.0754. The predicted molar refractivity (Wildman–Crippen MR) is 72.0 cm³/mol. The first-order chi connectivity index (χ1) is 8.70. The van der Waals surface area contributed by atoms with Crippen molar-refractivity contribution in [1.82, 2.24) is 4.90 Å². The van der Waals surface area contributed by atoms with E-state index in [9.17, 15) is 13.2 Å². The molecule has 1 saturated carbocycles. The number of furan rings is 1. The maximum Gasteiger partial charge on any atom is 0.289 e. The predicted octanol–water partition coefficient (Wildman–Crippen LogP) is 1.42. The normalized spacial score (nSPS) is 22.3. The molecule has 0 saturated heterocycles. The van der Waals surface area contributed by atoms with Gasteiger partial charge in [-0.2, -0.15) is 0 Å². The van der Waals surface area contributed by atoms with Crippen molar-refractivity contribution in [3.63, 3.8) is 0 Å². The molecule has 2 rings (SSSR count). The molecule has 0 radical (unpaired) electrons. The Kier molecular flexibility index (Phi) is 3.76. The molecule has 1 heterocycles. The van der Waals surface area contributed by atoms with Crippen LogP contribution in [0.15, 0.2) is 20.0 Å². The molecular formula is C11H15BrN2O4S. The highest BCUT2D eigenvalue weighted by Gasteiger charge is 2.35. The van der Waals surface area contributed by atoms with E-state index in [1.807, 2.05) is 0 Å². The average molecular weight is 351 g/mol. The molecule has 1 amide bonds. The van der Waals surface area contributed by atoms with Crippen LogP contribution < -0.4 is 5.14 Å². The Morgan fingerprint density at radius 3 is 2.63 bits per heavy atom. The fourth-order valence-electron chi connectivity index (χ4n) is 1.93. The quantitative estimate of drug-likeness (QED) is 0.888. The Hall–Kier alpha value is -0.860. The van der Waals surface area contributed by atoms with Gasteiger partial charge in [-0.15, -0.1) is 0 Å². The van der Waals surface area contributed by atoms with Crippen LogP contribution in [0.1, 0.15) is 23.9 Å². The molecule has 2 atom stereocenters. The molecule has 1 fully saturated rings. The number of rotatable bonds is 4. The van der Waals surface area contributed by atoms with E-state index in [4.69, 9.17) is 9.56 Å². The summed E-state index contributed by atoms with van der Waals surface area (Å²) >= 11 is 2.95. The summed E-state index contributed by atoms with van der Waals surface area (Å²) in [5.41, 5.74) is 0. The molecule has 2 unspecified atom stereocenters. The lowest BCUT2D eigenvalue weighted by Crippen LogP contribution is -2.28. The Morgan fingerprint density at radius 2 is 2.21 bits per heavy atom. The number of hydrogen-bond donors (Lipinski definition) is 1. The standard InChI is InChI=1S/C11H15BrN2O4S/c1-6-3-7(6)5-14(2)11(15)8-4-9(10(12)18-8)19(13,16)17/h4,6-7H,3,5H2,1-2H3,(H2,13,16,17). The third-order valence-corrected chi connectivity index (χ3v) is 5.07. The lowest BCUT2D eigenvalue weighted by atomic mass is 10.3. The maximum absolute atomic E-state index is 12.1. The summed E-state index contributed by atoms with van der Waals surface area (Å²) in [4.78, 5) is 13.4. The molecule has 0 aliphatic heterocycles.